The molecule has 1 aliphatic carbocycles. The van der Waals surface area contributed by atoms with E-state index in [1.54, 1.807) is 0 Å². The lowest BCUT2D eigenvalue weighted by Crippen LogP contribution is -2.23. The van der Waals surface area contributed by atoms with Gasteiger partial charge in [-0.05, 0) is 62.4 Å². The first kappa shape index (κ1) is 11.8. The van der Waals surface area contributed by atoms with Crippen molar-refractivity contribution in [2.75, 3.05) is 20.4 Å². The maximum absolute atomic E-state index is 5.44. The molecule has 2 unspecified atom stereocenters. The van der Waals surface area contributed by atoms with Gasteiger partial charge in [0.25, 0.3) is 0 Å². The maximum Gasteiger partial charge on any atom is 0.231 e. The SMILES string of the molecule is CNCC1CCCC1Cc1ccc2c(c1)OCO2. The van der Waals surface area contributed by atoms with Crippen molar-refractivity contribution in [1.29, 1.82) is 0 Å². The highest BCUT2D eigenvalue weighted by Gasteiger charge is 2.27. The quantitative estimate of drug-likeness (QED) is 0.887. The summed E-state index contributed by atoms with van der Waals surface area (Å²) in [6, 6.07) is 6.37. The van der Waals surface area contributed by atoms with Crippen LogP contribution in [0.5, 0.6) is 11.5 Å². The average molecular weight is 247 g/mol. The molecule has 18 heavy (non-hydrogen) atoms. The summed E-state index contributed by atoms with van der Waals surface area (Å²) in [7, 11) is 2.05. The van der Waals surface area contributed by atoms with Gasteiger partial charge in [0.2, 0.25) is 6.79 Å². The molecule has 2 atom stereocenters. The molecule has 1 heterocycles. The number of nitrogens with one attached hydrogen (secondary N) is 1. The van der Waals surface area contributed by atoms with E-state index in [1.165, 1.54) is 31.2 Å². The van der Waals surface area contributed by atoms with Crippen LogP contribution in [-0.4, -0.2) is 20.4 Å². The molecular formula is C15H21NO2. The maximum atomic E-state index is 5.44. The minimum atomic E-state index is 0.366. The van der Waals surface area contributed by atoms with Crippen LogP contribution < -0.4 is 14.8 Å². The van der Waals surface area contributed by atoms with Gasteiger partial charge in [-0.2, -0.15) is 0 Å². The molecule has 1 N–H and O–H groups in total. The second-order valence-corrected chi connectivity index (χ2v) is 5.40. The van der Waals surface area contributed by atoms with Crippen molar-refractivity contribution in [2.24, 2.45) is 11.8 Å². The number of rotatable bonds is 4. The highest BCUT2D eigenvalue weighted by Crippen LogP contribution is 2.37. The summed E-state index contributed by atoms with van der Waals surface area (Å²) >= 11 is 0. The second kappa shape index (κ2) is 5.19. The molecule has 98 valence electrons. The molecule has 3 heteroatoms. The normalized spacial score (nSPS) is 25.6. The molecular weight excluding hydrogens is 226 g/mol. The van der Waals surface area contributed by atoms with Gasteiger partial charge in [0, 0.05) is 0 Å². The minimum Gasteiger partial charge on any atom is -0.454 e. The zero-order chi connectivity index (χ0) is 12.4. The Hall–Kier alpha value is -1.22. The lowest BCUT2D eigenvalue weighted by molar-refractivity contribution is 0.174. The van der Waals surface area contributed by atoms with E-state index in [0.29, 0.717) is 6.79 Å². The Morgan fingerprint density at radius 3 is 2.89 bits per heavy atom. The van der Waals surface area contributed by atoms with Crippen LogP contribution in [0.4, 0.5) is 0 Å². The van der Waals surface area contributed by atoms with Crippen molar-refractivity contribution >= 4 is 0 Å². The van der Waals surface area contributed by atoms with Gasteiger partial charge in [-0.1, -0.05) is 12.5 Å². The summed E-state index contributed by atoms with van der Waals surface area (Å²) in [6.45, 7) is 1.51. The number of benzene rings is 1. The highest BCUT2D eigenvalue weighted by molar-refractivity contribution is 5.44. The number of ether oxygens (including phenoxy) is 2. The fraction of sp³-hybridized carbons (Fsp3) is 0.600. The predicted molar refractivity (Wildman–Crippen MR) is 71.0 cm³/mol. The van der Waals surface area contributed by atoms with Crippen LogP contribution in [0.2, 0.25) is 0 Å². The molecule has 0 spiro atoms. The summed E-state index contributed by atoms with van der Waals surface area (Å²) in [5.74, 6) is 3.45. The van der Waals surface area contributed by atoms with Crippen molar-refractivity contribution in [3.05, 3.63) is 23.8 Å². The molecule has 1 aromatic carbocycles. The van der Waals surface area contributed by atoms with Gasteiger partial charge in [-0.25, -0.2) is 0 Å². The number of hydrogen-bond acceptors (Lipinski definition) is 3. The van der Waals surface area contributed by atoms with Crippen LogP contribution in [0.1, 0.15) is 24.8 Å². The fourth-order valence-corrected chi connectivity index (χ4v) is 3.28. The van der Waals surface area contributed by atoms with Crippen molar-refractivity contribution in [3.8, 4) is 11.5 Å². The first-order chi connectivity index (χ1) is 8.86. The standard InChI is InChI=1S/C15H21NO2/c1-16-9-13-4-2-3-12(13)7-11-5-6-14-15(8-11)18-10-17-14/h5-6,8,12-13,16H,2-4,7,9-10H2,1H3. The Balaban J connectivity index is 1.68. The third kappa shape index (κ3) is 2.32. The molecule has 1 fully saturated rings. The van der Waals surface area contributed by atoms with Crippen molar-refractivity contribution in [2.45, 2.75) is 25.7 Å². The Morgan fingerprint density at radius 2 is 2.00 bits per heavy atom. The van der Waals surface area contributed by atoms with Crippen LogP contribution >= 0.6 is 0 Å². The summed E-state index contributed by atoms with van der Waals surface area (Å²) in [4.78, 5) is 0. The lowest BCUT2D eigenvalue weighted by Gasteiger charge is -2.19. The zero-order valence-electron chi connectivity index (χ0n) is 10.9. The van der Waals surface area contributed by atoms with Crippen LogP contribution in [0.3, 0.4) is 0 Å². The van der Waals surface area contributed by atoms with Gasteiger partial charge in [0.1, 0.15) is 0 Å². The molecule has 0 bridgehead atoms. The first-order valence-electron chi connectivity index (χ1n) is 6.90. The zero-order valence-corrected chi connectivity index (χ0v) is 10.9. The Kier molecular flexibility index (Phi) is 3.41. The Morgan fingerprint density at radius 1 is 1.17 bits per heavy atom. The largest absolute Gasteiger partial charge is 0.454 e. The van der Waals surface area contributed by atoms with Crippen molar-refractivity contribution in [3.63, 3.8) is 0 Å². The van der Waals surface area contributed by atoms with Crippen LogP contribution in [0.15, 0.2) is 18.2 Å². The number of hydrogen-bond donors (Lipinski definition) is 1. The average Bonchev–Trinajstić information content (AvgIpc) is 2.99. The van der Waals surface area contributed by atoms with Crippen molar-refractivity contribution in [1.82, 2.24) is 5.32 Å². The lowest BCUT2D eigenvalue weighted by atomic mass is 9.89. The summed E-state index contributed by atoms with van der Waals surface area (Å²) in [5, 5.41) is 3.32. The van der Waals surface area contributed by atoms with E-state index in [4.69, 9.17) is 9.47 Å². The summed E-state index contributed by atoms with van der Waals surface area (Å²) in [6.07, 6.45) is 5.28. The van der Waals surface area contributed by atoms with Crippen molar-refractivity contribution < 1.29 is 9.47 Å². The molecule has 2 aliphatic rings. The van der Waals surface area contributed by atoms with Gasteiger partial charge >= 0.3 is 0 Å². The first-order valence-corrected chi connectivity index (χ1v) is 6.90. The summed E-state index contributed by atoms with van der Waals surface area (Å²) in [5.41, 5.74) is 1.38. The molecule has 1 saturated carbocycles. The Labute approximate surface area is 108 Å². The van der Waals surface area contributed by atoms with Gasteiger partial charge in [0.15, 0.2) is 11.5 Å². The molecule has 3 nitrogen and oxygen atoms in total. The molecule has 1 aliphatic heterocycles. The Bertz CT molecular complexity index is 419. The van der Waals surface area contributed by atoms with Gasteiger partial charge in [0.05, 0.1) is 0 Å². The van der Waals surface area contributed by atoms with E-state index in [0.717, 1.165) is 29.9 Å². The van der Waals surface area contributed by atoms with E-state index >= 15 is 0 Å². The van der Waals surface area contributed by atoms with E-state index in [1.807, 2.05) is 6.07 Å². The molecule has 0 radical (unpaired) electrons. The smallest absolute Gasteiger partial charge is 0.231 e. The predicted octanol–water partition coefficient (Wildman–Crippen LogP) is 2.59. The fourth-order valence-electron chi connectivity index (χ4n) is 3.28. The molecule has 1 aromatic rings. The van der Waals surface area contributed by atoms with Gasteiger partial charge in [-0.15, -0.1) is 0 Å². The van der Waals surface area contributed by atoms with Crippen LogP contribution in [0.25, 0.3) is 0 Å². The molecule has 0 aromatic heterocycles. The molecule has 0 saturated heterocycles. The van der Waals surface area contributed by atoms with E-state index < -0.39 is 0 Å². The third-order valence-electron chi connectivity index (χ3n) is 4.22. The monoisotopic (exact) mass is 247 g/mol. The third-order valence-corrected chi connectivity index (χ3v) is 4.22. The topological polar surface area (TPSA) is 30.5 Å². The van der Waals surface area contributed by atoms with E-state index in [-0.39, 0.29) is 0 Å². The second-order valence-electron chi connectivity index (χ2n) is 5.40. The highest BCUT2D eigenvalue weighted by atomic mass is 16.7. The summed E-state index contributed by atoms with van der Waals surface area (Å²) < 4.78 is 10.8. The van der Waals surface area contributed by atoms with Crippen LogP contribution in [-0.2, 0) is 6.42 Å². The molecule has 3 rings (SSSR count). The number of fused-ring (bicyclic) bond motifs is 1. The van der Waals surface area contributed by atoms with Crippen LogP contribution in [0, 0.1) is 11.8 Å². The minimum absolute atomic E-state index is 0.366. The van der Waals surface area contributed by atoms with Gasteiger partial charge in [-0.3, -0.25) is 0 Å². The molecule has 0 amide bonds. The van der Waals surface area contributed by atoms with Gasteiger partial charge < -0.3 is 14.8 Å². The van der Waals surface area contributed by atoms with E-state index in [9.17, 15) is 0 Å². The van der Waals surface area contributed by atoms with E-state index in [2.05, 4.69) is 24.5 Å².